The van der Waals surface area contributed by atoms with Crippen LogP contribution in [0.5, 0.6) is 5.75 Å². The lowest BCUT2D eigenvalue weighted by Gasteiger charge is -2.36. The first-order valence-corrected chi connectivity index (χ1v) is 9.64. The fraction of sp³-hybridized carbons (Fsp3) is 0.240. The van der Waals surface area contributed by atoms with Crippen LogP contribution in [0.15, 0.2) is 66.7 Å². The molecule has 0 saturated carbocycles. The van der Waals surface area contributed by atoms with E-state index >= 15 is 0 Å². The van der Waals surface area contributed by atoms with Gasteiger partial charge in [-0.1, -0.05) is 48.5 Å². The minimum absolute atomic E-state index is 0.249. The normalized spacial score (nSPS) is 18.2. The topological polar surface area (TPSA) is 46.5 Å². The fourth-order valence-electron chi connectivity index (χ4n) is 3.92. The smallest absolute Gasteiger partial charge is 0.335 e. The number of aryl methyl sites for hydroxylation is 2. The van der Waals surface area contributed by atoms with Crippen molar-refractivity contribution < 1.29 is 14.6 Å². The van der Waals surface area contributed by atoms with Crippen LogP contribution in [0.2, 0.25) is 0 Å². The first kappa shape index (κ1) is 18.3. The lowest BCUT2D eigenvalue weighted by molar-refractivity contribution is 0.0653. The second-order valence-corrected chi connectivity index (χ2v) is 7.86. The van der Waals surface area contributed by atoms with Crippen LogP contribution in [-0.4, -0.2) is 16.7 Å². The first-order valence-electron chi connectivity index (χ1n) is 9.64. The lowest BCUT2D eigenvalue weighted by atomic mass is 9.85. The van der Waals surface area contributed by atoms with Gasteiger partial charge >= 0.3 is 5.97 Å². The minimum atomic E-state index is -0.915. The zero-order valence-corrected chi connectivity index (χ0v) is 16.2. The van der Waals surface area contributed by atoms with Gasteiger partial charge in [0.1, 0.15) is 11.4 Å². The number of aromatic carboxylic acids is 1. The molecule has 3 aromatic rings. The van der Waals surface area contributed by atoms with Crippen LogP contribution in [0, 0.1) is 6.92 Å². The number of carboxylic acids is 1. The summed E-state index contributed by atoms with van der Waals surface area (Å²) < 4.78 is 6.50. The molecule has 1 N–H and O–H groups in total. The molecule has 0 fully saturated rings. The van der Waals surface area contributed by atoms with Gasteiger partial charge in [0.2, 0.25) is 0 Å². The average Bonchev–Trinajstić information content (AvgIpc) is 2.69. The van der Waals surface area contributed by atoms with Gasteiger partial charge in [-0.3, -0.25) is 0 Å². The molecule has 4 rings (SSSR count). The van der Waals surface area contributed by atoms with E-state index in [0.29, 0.717) is 5.56 Å². The highest BCUT2D eigenvalue weighted by molar-refractivity contribution is 5.89. The Bertz CT molecular complexity index is 1040. The molecule has 0 aromatic heterocycles. The minimum Gasteiger partial charge on any atom is -0.487 e. The molecule has 1 aliphatic heterocycles. The van der Waals surface area contributed by atoms with Gasteiger partial charge in [0.25, 0.3) is 0 Å². The Morgan fingerprint density at radius 3 is 2.61 bits per heavy atom. The predicted octanol–water partition coefficient (Wildman–Crippen LogP) is 5.69. The molecule has 0 bridgehead atoms. The van der Waals surface area contributed by atoms with Crippen molar-refractivity contribution in [2.75, 3.05) is 0 Å². The van der Waals surface area contributed by atoms with E-state index in [-0.39, 0.29) is 5.60 Å². The van der Waals surface area contributed by atoms with Crippen LogP contribution in [0.4, 0.5) is 0 Å². The maximum absolute atomic E-state index is 11.3. The number of benzene rings is 3. The van der Waals surface area contributed by atoms with Gasteiger partial charge in [0, 0.05) is 6.42 Å². The number of hydrogen-bond donors (Lipinski definition) is 1. The standard InChI is InChI=1S/C25H24O3/c1-17-6-3-4-7-22(17)16-25(2)13-12-18-10-11-20(15-23(18)28-25)19-8-5-9-21(14-19)24(26)27/h3-11,14-15H,12-13,16H2,1-2H3,(H,26,27)/t25-/m0/s1. The van der Waals surface area contributed by atoms with E-state index in [4.69, 9.17) is 4.74 Å². The molecule has 0 unspecified atom stereocenters. The molecule has 0 radical (unpaired) electrons. The van der Waals surface area contributed by atoms with Crippen LogP contribution < -0.4 is 4.74 Å². The molecule has 142 valence electrons. The summed E-state index contributed by atoms with van der Waals surface area (Å²) in [7, 11) is 0. The molecular formula is C25H24O3. The summed E-state index contributed by atoms with van der Waals surface area (Å²) in [6, 6.07) is 21.7. The van der Waals surface area contributed by atoms with Gasteiger partial charge in [-0.05, 0) is 72.7 Å². The molecule has 0 saturated heterocycles. The van der Waals surface area contributed by atoms with E-state index in [1.807, 2.05) is 18.2 Å². The molecule has 0 spiro atoms. The number of rotatable bonds is 4. The van der Waals surface area contributed by atoms with Crippen LogP contribution in [0.25, 0.3) is 11.1 Å². The number of fused-ring (bicyclic) bond motifs is 1. The monoisotopic (exact) mass is 372 g/mol. The quantitative estimate of drug-likeness (QED) is 0.640. The highest BCUT2D eigenvalue weighted by Gasteiger charge is 2.32. The zero-order chi connectivity index (χ0) is 19.7. The SMILES string of the molecule is Cc1ccccc1C[C@]1(C)CCc2ccc(-c3cccc(C(=O)O)c3)cc2O1. The third kappa shape index (κ3) is 3.65. The summed E-state index contributed by atoms with van der Waals surface area (Å²) in [5, 5.41) is 9.25. The number of hydrogen-bond acceptors (Lipinski definition) is 2. The van der Waals surface area contributed by atoms with Gasteiger partial charge in [-0.15, -0.1) is 0 Å². The Morgan fingerprint density at radius 2 is 1.82 bits per heavy atom. The largest absolute Gasteiger partial charge is 0.487 e. The molecule has 1 aliphatic rings. The summed E-state index contributed by atoms with van der Waals surface area (Å²) in [6.45, 7) is 4.32. The van der Waals surface area contributed by atoms with Gasteiger partial charge in [0.05, 0.1) is 5.56 Å². The van der Waals surface area contributed by atoms with Crippen molar-refractivity contribution >= 4 is 5.97 Å². The second kappa shape index (κ2) is 7.16. The number of carboxylic acid groups (broad SMARTS) is 1. The van der Waals surface area contributed by atoms with Crippen molar-refractivity contribution in [1.29, 1.82) is 0 Å². The molecule has 28 heavy (non-hydrogen) atoms. The van der Waals surface area contributed by atoms with Crippen molar-refractivity contribution in [2.24, 2.45) is 0 Å². The highest BCUT2D eigenvalue weighted by Crippen LogP contribution is 2.38. The maximum atomic E-state index is 11.3. The summed E-state index contributed by atoms with van der Waals surface area (Å²) in [6.07, 6.45) is 2.83. The second-order valence-electron chi connectivity index (χ2n) is 7.86. The zero-order valence-electron chi connectivity index (χ0n) is 16.2. The molecule has 3 heteroatoms. The number of carbonyl (C=O) groups is 1. The fourth-order valence-corrected chi connectivity index (χ4v) is 3.92. The number of ether oxygens (including phenoxy) is 1. The predicted molar refractivity (Wildman–Crippen MR) is 111 cm³/mol. The highest BCUT2D eigenvalue weighted by atomic mass is 16.5. The van der Waals surface area contributed by atoms with Crippen LogP contribution in [0.1, 0.15) is 40.4 Å². The Kier molecular flexibility index (Phi) is 4.68. The Balaban J connectivity index is 1.63. The molecule has 1 atom stereocenters. The van der Waals surface area contributed by atoms with E-state index in [2.05, 4.69) is 44.2 Å². The Labute approximate surface area is 165 Å². The van der Waals surface area contributed by atoms with Crippen LogP contribution in [-0.2, 0) is 12.8 Å². The van der Waals surface area contributed by atoms with Gasteiger partial charge < -0.3 is 9.84 Å². The van der Waals surface area contributed by atoms with Crippen LogP contribution in [0.3, 0.4) is 0 Å². The van der Waals surface area contributed by atoms with Crippen molar-refractivity contribution in [3.05, 3.63) is 89.0 Å². The van der Waals surface area contributed by atoms with Gasteiger partial charge in [-0.25, -0.2) is 4.79 Å². The van der Waals surface area contributed by atoms with Crippen molar-refractivity contribution in [3.63, 3.8) is 0 Å². The Morgan fingerprint density at radius 1 is 1.04 bits per heavy atom. The van der Waals surface area contributed by atoms with E-state index in [1.165, 1.54) is 16.7 Å². The lowest BCUT2D eigenvalue weighted by Crippen LogP contribution is -2.38. The van der Waals surface area contributed by atoms with Crippen molar-refractivity contribution in [3.8, 4) is 16.9 Å². The van der Waals surface area contributed by atoms with E-state index in [1.54, 1.807) is 18.2 Å². The van der Waals surface area contributed by atoms with E-state index < -0.39 is 5.97 Å². The van der Waals surface area contributed by atoms with Crippen LogP contribution >= 0.6 is 0 Å². The third-order valence-corrected chi connectivity index (χ3v) is 5.62. The molecule has 0 aliphatic carbocycles. The average molecular weight is 372 g/mol. The summed E-state index contributed by atoms with van der Waals surface area (Å²) in [5.41, 5.74) is 5.72. The molecule has 3 aromatic carbocycles. The molecule has 1 heterocycles. The summed E-state index contributed by atoms with van der Waals surface area (Å²) in [5.74, 6) is -0.0116. The summed E-state index contributed by atoms with van der Waals surface area (Å²) in [4.78, 5) is 11.3. The summed E-state index contributed by atoms with van der Waals surface area (Å²) >= 11 is 0. The molecule has 0 amide bonds. The third-order valence-electron chi connectivity index (χ3n) is 5.62. The van der Waals surface area contributed by atoms with Gasteiger partial charge in [-0.2, -0.15) is 0 Å². The van der Waals surface area contributed by atoms with E-state index in [9.17, 15) is 9.90 Å². The Hall–Kier alpha value is -3.07. The van der Waals surface area contributed by atoms with Gasteiger partial charge in [0.15, 0.2) is 0 Å². The maximum Gasteiger partial charge on any atom is 0.335 e. The van der Waals surface area contributed by atoms with Crippen molar-refractivity contribution in [2.45, 2.75) is 38.7 Å². The first-order chi connectivity index (χ1) is 13.4. The van der Waals surface area contributed by atoms with Crippen molar-refractivity contribution in [1.82, 2.24) is 0 Å². The molecule has 3 nitrogen and oxygen atoms in total. The van der Waals surface area contributed by atoms with E-state index in [0.717, 1.165) is 36.1 Å². The molecular weight excluding hydrogens is 348 g/mol.